The van der Waals surface area contributed by atoms with E-state index in [1.165, 1.54) is 18.0 Å². The van der Waals surface area contributed by atoms with Gasteiger partial charge in [0.25, 0.3) is 11.1 Å². The monoisotopic (exact) mass is 249 g/mol. The van der Waals surface area contributed by atoms with Crippen LogP contribution in [0.4, 0.5) is 0 Å². The van der Waals surface area contributed by atoms with Gasteiger partial charge in [-0.05, 0) is 17.7 Å². The van der Waals surface area contributed by atoms with E-state index in [0.29, 0.717) is 10.8 Å². The molecule has 0 atom stereocenters. The van der Waals surface area contributed by atoms with Gasteiger partial charge in [-0.2, -0.15) is 0 Å². The number of nitrogens with two attached hydrogens (primary N) is 1. The van der Waals surface area contributed by atoms with Crippen LogP contribution in [0.3, 0.4) is 0 Å². The van der Waals surface area contributed by atoms with Crippen LogP contribution in [0.5, 0.6) is 0 Å². The summed E-state index contributed by atoms with van der Waals surface area (Å²) >= 11 is 1.50. The lowest BCUT2D eigenvalue weighted by molar-refractivity contribution is 0.0953. The smallest absolute Gasteiger partial charge is 0.265 e. The fourth-order valence-electron chi connectivity index (χ4n) is 1.26. The molecule has 88 valence electrons. The highest BCUT2D eigenvalue weighted by Crippen LogP contribution is 2.20. The van der Waals surface area contributed by atoms with E-state index in [4.69, 9.17) is 10.3 Å². The second-order valence-corrected chi connectivity index (χ2v) is 4.18. The zero-order valence-electron chi connectivity index (χ0n) is 8.92. The summed E-state index contributed by atoms with van der Waals surface area (Å²) < 4.78 is 5.11. The van der Waals surface area contributed by atoms with Crippen molar-refractivity contribution in [2.75, 3.05) is 0 Å². The highest BCUT2D eigenvalue weighted by molar-refractivity contribution is 7.98. The van der Waals surface area contributed by atoms with Crippen molar-refractivity contribution in [2.24, 2.45) is 5.84 Å². The van der Waals surface area contributed by atoms with Gasteiger partial charge >= 0.3 is 0 Å². The first-order valence-electron chi connectivity index (χ1n) is 4.92. The molecule has 0 bridgehead atoms. The number of nitrogens with zero attached hydrogens (tertiary/aromatic N) is 1. The fraction of sp³-hybridized carbons (Fsp3) is 0.0909. The minimum absolute atomic E-state index is 0.295. The van der Waals surface area contributed by atoms with E-state index in [1.807, 2.05) is 12.1 Å². The Morgan fingerprint density at radius 3 is 2.76 bits per heavy atom. The second-order valence-electron chi connectivity index (χ2n) is 3.26. The molecule has 0 saturated carbocycles. The molecule has 0 spiro atoms. The molecule has 0 fully saturated rings. The third-order valence-corrected chi connectivity index (χ3v) is 3.05. The lowest BCUT2D eigenvalue weighted by Crippen LogP contribution is -2.29. The lowest BCUT2D eigenvalue weighted by atomic mass is 10.1. The average Bonchev–Trinajstić information content (AvgIpc) is 2.89. The van der Waals surface area contributed by atoms with Crippen LogP contribution in [0.25, 0.3) is 0 Å². The number of carbonyl (C=O) groups excluding carboxylic acids is 1. The number of nitrogen functional groups attached to an aromatic ring is 1. The molecule has 0 radical (unpaired) electrons. The first-order chi connectivity index (χ1) is 8.29. The van der Waals surface area contributed by atoms with E-state index in [1.54, 1.807) is 18.3 Å². The van der Waals surface area contributed by atoms with Crippen LogP contribution in [-0.2, 0) is 5.75 Å². The summed E-state index contributed by atoms with van der Waals surface area (Å²) in [6, 6.07) is 7.21. The Morgan fingerprint density at radius 1 is 1.41 bits per heavy atom. The molecule has 1 heterocycles. The van der Waals surface area contributed by atoms with Gasteiger partial charge in [-0.3, -0.25) is 10.2 Å². The Morgan fingerprint density at radius 2 is 2.18 bits per heavy atom. The van der Waals surface area contributed by atoms with Gasteiger partial charge in [-0.25, -0.2) is 10.8 Å². The second kappa shape index (κ2) is 5.51. The van der Waals surface area contributed by atoms with Crippen LogP contribution in [0, 0.1) is 0 Å². The Bertz CT molecular complexity index is 482. The number of thioether (sulfide) groups is 1. The van der Waals surface area contributed by atoms with Gasteiger partial charge < -0.3 is 4.42 Å². The van der Waals surface area contributed by atoms with Gasteiger partial charge in [0.2, 0.25) is 0 Å². The molecule has 2 aromatic rings. The Labute approximate surface area is 102 Å². The Balaban J connectivity index is 1.96. The zero-order chi connectivity index (χ0) is 12.1. The molecule has 3 N–H and O–H groups in total. The molecule has 5 nitrogen and oxygen atoms in total. The molecule has 6 heteroatoms. The number of hydrazine groups is 1. The highest BCUT2D eigenvalue weighted by Gasteiger charge is 2.04. The van der Waals surface area contributed by atoms with Gasteiger partial charge in [-0.15, -0.1) is 0 Å². The first-order valence-corrected chi connectivity index (χ1v) is 5.90. The zero-order valence-corrected chi connectivity index (χ0v) is 9.74. The molecule has 0 aliphatic rings. The predicted octanol–water partition coefficient (Wildman–Crippen LogP) is 1.57. The van der Waals surface area contributed by atoms with Crippen molar-refractivity contribution in [1.82, 2.24) is 10.4 Å². The van der Waals surface area contributed by atoms with Crippen molar-refractivity contribution in [3.05, 3.63) is 47.9 Å². The van der Waals surface area contributed by atoms with Crippen molar-refractivity contribution in [2.45, 2.75) is 11.0 Å². The van der Waals surface area contributed by atoms with Gasteiger partial charge in [0, 0.05) is 11.3 Å². The van der Waals surface area contributed by atoms with Crippen LogP contribution in [0.1, 0.15) is 15.9 Å². The number of rotatable bonds is 4. The van der Waals surface area contributed by atoms with E-state index >= 15 is 0 Å². The maximum atomic E-state index is 11.2. The topological polar surface area (TPSA) is 81.1 Å². The van der Waals surface area contributed by atoms with Crippen LogP contribution < -0.4 is 11.3 Å². The largest absolute Gasteiger partial charge is 0.440 e. The average molecular weight is 249 g/mol. The molecule has 2 rings (SSSR count). The molecule has 0 aliphatic heterocycles. The minimum atomic E-state index is -0.295. The number of carbonyl (C=O) groups is 1. The molecule has 0 aliphatic carbocycles. The highest BCUT2D eigenvalue weighted by atomic mass is 32.2. The third-order valence-electron chi connectivity index (χ3n) is 2.12. The van der Waals surface area contributed by atoms with Crippen molar-refractivity contribution in [1.29, 1.82) is 0 Å². The van der Waals surface area contributed by atoms with Crippen LogP contribution in [0.15, 0.2) is 46.4 Å². The number of oxazole rings is 1. The molecular weight excluding hydrogens is 238 g/mol. The Hall–Kier alpha value is -1.79. The van der Waals surface area contributed by atoms with Gasteiger partial charge in [0.05, 0.1) is 6.20 Å². The van der Waals surface area contributed by atoms with Gasteiger partial charge in [0.15, 0.2) is 0 Å². The summed E-state index contributed by atoms with van der Waals surface area (Å²) in [5.41, 5.74) is 3.71. The summed E-state index contributed by atoms with van der Waals surface area (Å²) in [6.07, 6.45) is 3.15. The molecular formula is C11H11N3O2S. The molecule has 0 saturated heterocycles. The van der Waals surface area contributed by atoms with E-state index < -0.39 is 0 Å². The van der Waals surface area contributed by atoms with Crippen molar-refractivity contribution >= 4 is 17.7 Å². The Kier molecular flexibility index (Phi) is 3.79. The molecule has 0 unspecified atom stereocenters. The molecule has 1 amide bonds. The maximum Gasteiger partial charge on any atom is 0.265 e. The standard InChI is InChI=1S/C11H11N3O2S/c12-14-10(15)9-3-1-8(2-4-9)7-17-11-13-5-6-16-11/h1-6H,7,12H2,(H,14,15). The van der Waals surface area contributed by atoms with Crippen LogP contribution in [-0.4, -0.2) is 10.9 Å². The first kappa shape index (κ1) is 11.7. The van der Waals surface area contributed by atoms with E-state index in [2.05, 4.69) is 10.4 Å². The summed E-state index contributed by atoms with van der Waals surface area (Å²) in [7, 11) is 0. The normalized spacial score (nSPS) is 10.2. The number of hydrogen-bond acceptors (Lipinski definition) is 5. The molecule has 1 aromatic heterocycles. The van der Waals surface area contributed by atoms with Crippen molar-refractivity contribution < 1.29 is 9.21 Å². The summed E-state index contributed by atoms with van der Waals surface area (Å²) in [4.78, 5) is 15.2. The number of nitrogens with one attached hydrogen (secondary N) is 1. The minimum Gasteiger partial charge on any atom is -0.440 e. The number of hydrogen-bond donors (Lipinski definition) is 2. The SMILES string of the molecule is NNC(=O)c1ccc(CSc2ncco2)cc1. The molecule has 17 heavy (non-hydrogen) atoms. The van der Waals surface area contributed by atoms with Gasteiger partial charge in [0.1, 0.15) is 6.26 Å². The summed E-state index contributed by atoms with van der Waals surface area (Å²) in [6.45, 7) is 0. The number of benzene rings is 1. The summed E-state index contributed by atoms with van der Waals surface area (Å²) in [5, 5.41) is 0.633. The summed E-state index contributed by atoms with van der Waals surface area (Å²) in [5.74, 6) is 5.49. The fourth-order valence-corrected chi connectivity index (χ4v) is 2.00. The van der Waals surface area contributed by atoms with Gasteiger partial charge in [-0.1, -0.05) is 23.9 Å². The molecule has 1 aromatic carbocycles. The lowest BCUT2D eigenvalue weighted by Gasteiger charge is -2.01. The third kappa shape index (κ3) is 3.08. The van der Waals surface area contributed by atoms with Crippen molar-refractivity contribution in [3.8, 4) is 0 Å². The van der Waals surface area contributed by atoms with Crippen molar-refractivity contribution in [3.63, 3.8) is 0 Å². The van der Waals surface area contributed by atoms with E-state index in [0.717, 1.165) is 11.3 Å². The van der Waals surface area contributed by atoms with E-state index in [-0.39, 0.29) is 5.91 Å². The van der Waals surface area contributed by atoms with Crippen LogP contribution in [0.2, 0.25) is 0 Å². The number of amides is 1. The maximum absolute atomic E-state index is 11.2. The van der Waals surface area contributed by atoms with E-state index in [9.17, 15) is 4.79 Å². The number of aromatic nitrogens is 1. The van der Waals surface area contributed by atoms with Crippen LogP contribution >= 0.6 is 11.8 Å². The quantitative estimate of drug-likeness (QED) is 0.372. The predicted molar refractivity (Wildman–Crippen MR) is 64.2 cm³/mol.